The molecule has 1 aromatic rings. The normalized spacial score (nSPS) is 23.9. The van der Waals surface area contributed by atoms with E-state index >= 15 is 0 Å². The van der Waals surface area contributed by atoms with Crippen LogP contribution < -0.4 is 10.5 Å². The van der Waals surface area contributed by atoms with Gasteiger partial charge in [-0.15, -0.1) is 0 Å². The van der Waals surface area contributed by atoms with Crippen molar-refractivity contribution in [2.45, 2.75) is 32.9 Å². The van der Waals surface area contributed by atoms with Crippen LogP contribution in [0.25, 0.3) is 0 Å². The summed E-state index contributed by atoms with van der Waals surface area (Å²) in [7, 11) is 1.70. The van der Waals surface area contributed by atoms with E-state index < -0.39 is 0 Å². The van der Waals surface area contributed by atoms with Gasteiger partial charge < -0.3 is 10.5 Å². The van der Waals surface area contributed by atoms with Gasteiger partial charge in [0.2, 0.25) is 0 Å². The Labute approximate surface area is 110 Å². The van der Waals surface area contributed by atoms with E-state index in [0.29, 0.717) is 6.04 Å². The molecule has 1 saturated heterocycles. The topological polar surface area (TPSA) is 38.5 Å². The molecule has 2 N–H and O–H groups in total. The Morgan fingerprint density at radius 3 is 2.56 bits per heavy atom. The number of hydrogen-bond donors (Lipinski definition) is 1. The van der Waals surface area contributed by atoms with Crippen molar-refractivity contribution in [3.05, 3.63) is 29.8 Å². The predicted octanol–water partition coefficient (Wildman–Crippen LogP) is 2.25. The molecule has 1 fully saturated rings. The summed E-state index contributed by atoms with van der Waals surface area (Å²) in [5.74, 6) is 0.916. The van der Waals surface area contributed by atoms with Crippen LogP contribution in [-0.2, 0) is 6.54 Å². The number of piperidine rings is 1. The zero-order valence-corrected chi connectivity index (χ0v) is 11.6. The number of rotatable bonds is 3. The maximum absolute atomic E-state index is 6.16. The predicted molar refractivity (Wildman–Crippen MR) is 74.6 cm³/mol. The lowest BCUT2D eigenvalue weighted by Gasteiger charge is -2.42. The quantitative estimate of drug-likeness (QED) is 0.891. The van der Waals surface area contributed by atoms with Crippen molar-refractivity contribution < 1.29 is 4.74 Å². The number of nitrogens with two attached hydrogens (primary N) is 1. The fourth-order valence-corrected chi connectivity index (χ4v) is 2.61. The molecule has 0 aromatic heterocycles. The Morgan fingerprint density at radius 1 is 1.33 bits per heavy atom. The molecule has 100 valence electrons. The lowest BCUT2D eigenvalue weighted by atomic mass is 9.79. The minimum atomic E-state index is 0.213. The van der Waals surface area contributed by atoms with Crippen LogP contribution in [0.5, 0.6) is 5.75 Å². The van der Waals surface area contributed by atoms with Crippen molar-refractivity contribution in [1.29, 1.82) is 0 Å². The maximum Gasteiger partial charge on any atom is 0.118 e. The summed E-state index contributed by atoms with van der Waals surface area (Å²) in [6.07, 6.45) is 1.09. The smallest absolute Gasteiger partial charge is 0.118 e. The molecular weight excluding hydrogens is 224 g/mol. The van der Waals surface area contributed by atoms with Gasteiger partial charge in [0.15, 0.2) is 0 Å². The summed E-state index contributed by atoms with van der Waals surface area (Å²) in [4.78, 5) is 2.49. The molecule has 0 saturated carbocycles. The summed E-state index contributed by atoms with van der Waals surface area (Å²) in [5, 5.41) is 0. The highest BCUT2D eigenvalue weighted by molar-refractivity contribution is 5.27. The average molecular weight is 248 g/mol. The highest BCUT2D eigenvalue weighted by atomic mass is 16.5. The van der Waals surface area contributed by atoms with Gasteiger partial charge in [-0.25, -0.2) is 0 Å². The van der Waals surface area contributed by atoms with Crippen molar-refractivity contribution >= 4 is 0 Å². The highest BCUT2D eigenvalue weighted by Crippen LogP contribution is 2.28. The van der Waals surface area contributed by atoms with E-state index in [4.69, 9.17) is 10.5 Å². The summed E-state index contributed by atoms with van der Waals surface area (Å²) < 4.78 is 5.18. The van der Waals surface area contributed by atoms with Gasteiger partial charge in [-0.05, 0) is 29.5 Å². The van der Waals surface area contributed by atoms with Crippen molar-refractivity contribution in [2.24, 2.45) is 11.1 Å². The number of hydrogen-bond acceptors (Lipinski definition) is 3. The van der Waals surface area contributed by atoms with Gasteiger partial charge in [0.25, 0.3) is 0 Å². The summed E-state index contributed by atoms with van der Waals surface area (Å²) >= 11 is 0. The molecule has 0 bridgehead atoms. The molecule has 1 aliphatic rings. The van der Waals surface area contributed by atoms with Gasteiger partial charge >= 0.3 is 0 Å². The lowest BCUT2D eigenvalue weighted by molar-refractivity contribution is 0.0899. The zero-order valence-electron chi connectivity index (χ0n) is 11.6. The molecule has 0 radical (unpaired) electrons. The molecule has 0 aliphatic carbocycles. The van der Waals surface area contributed by atoms with E-state index in [9.17, 15) is 0 Å². The van der Waals surface area contributed by atoms with Crippen LogP contribution in [0.1, 0.15) is 25.8 Å². The first-order valence-electron chi connectivity index (χ1n) is 6.62. The van der Waals surface area contributed by atoms with Gasteiger partial charge in [0, 0.05) is 25.7 Å². The third kappa shape index (κ3) is 3.03. The largest absolute Gasteiger partial charge is 0.497 e. The molecule has 18 heavy (non-hydrogen) atoms. The standard InChI is InChI=1S/C15H24N2O/c1-15(2)11-17(9-8-14(15)16)10-12-4-6-13(18-3)7-5-12/h4-7,14H,8-11,16H2,1-3H3. The van der Waals surface area contributed by atoms with Crippen LogP contribution in [0.3, 0.4) is 0 Å². The SMILES string of the molecule is COc1ccc(CN2CCC(N)C(C)(C)C2)cc1. The molecule has 3 nitrogen and oxygen atoms in total. The van der Waals surface area contributed by atoms with Crippen molar-refractivity contribution in [2.75, 3.05) is 20.2 Å². The number of methoxy groups -OCH3 is 1. The van der Waals surface area contributed by atoms with Gasteiger partial charge in [0.1, 0.15) is 5.75 Å². The second kappa shape index (κ2) is 5.29. The van der Waals surface area contributed by atoms with E-state index in [1.807, 2.05) is 12.1 Å². The highest BCUT2D eigenvalue weighted by Gasteiger charge is 2.33. The van der Waals surface area contributed by atoms with Crippen molar-refractivity contribution in [3.8, 4) is 5.75 Å². The van der Waals surface area contributed by atoms with E-state index in [1.165, 1.54) is 5.56 Å². The summed E-state index contributed by atoms with van der Waals surface area (Å²) in [6, 6.07) is 8.65. The van der Waals surface area contributed by atoms with Gasteiger partial charge in [-0.1, -0.05) is 26.0 Å². The molecular formula is C15H24N2O. The summed E-state index contributed by atoms with van der Waals surface area (Å²) in [6.45, 7) is 7.69. The molecule has 1 aliphatic heterocycles. The average Bonchev–Trinajstić information content (AvgIpc) is 2.34. The number of nitrogens with zero attached hydrogens (tertiary/aromatic N) is 1. The lowest BCUT2D eigenvalue weighted by Crippen LogP contribution is -2.52. The third-order valence-corrected chi connectivity index (χ3v) is 3.96. The first-order valence-corrected chi connectivity index (χ1v) is 6.62. The first kappa shape index (κ1) is 13.4. The van der Waals surface area contributed by atoms with Gasteiger partial charge in [-0.3, -0.25) is 4.90 Å². The van der Waals surface area contributed by atoms with Crippen LogP contribution in [0.4, 0.5) is 0 Å². The number of ether oxygens (including phenoxy) is 1. The zero-order chi connectivity index (χ0) is 13.2. The Balaban J connectivity index is 1.97. The molecule has 0 spiro atoms. The van der Waals surface area contributed by atoms with E-state index in [0.717, 1.165) is 31.8 Å². The fourth-order valence-electron chi connectivity index (χ4n) is 2.61. The maximum atomic E-state index is 6.16. The van der Waals surface area contributed by atoms with Crippen LogP contribution >= 0.6 is 0 Å². The van der Waals surface area contributed by atoms with Crippen molar-refractivity contribution in [1.82, 2.24) is 4.90 Å². The molecule has 1 aromatic carbocycles. The Morgan fingerprint density at radius 2 is 2.00 bits per heavy atom. The van der Waals surface area contributed by atoms with Gasteiger partial charge in [0.05, 0.1) is 7.11 Å². The van der Waals surface area contributed by atoms with Crippen molar-refractivity contribution in [3.63, 3.8) is 0 Å². The van der Waals surface area contributed by atoms with Crippen LogP contribution in [0.15, 0.2) is 24.3 Å². The second-order valence-corrected chi connectivity index (χ2v) is 5.94. The Kier molecular flexibility index (Phi) is 3.93. The van der Waals surface area contributed by atoms with E-state index in [2.05, 4.69) is 30.9 Å². The fraction of sp³-hybridized carbons (Fsp3) is 0.600. The molecule has 1 heterocycles. The minimum Gasteiger partial charge on any atom is -0.497 e. The molecule has 1 unspecified atom stereocenters. The minimum absolute atomic E-state index is 0.213. The third-order valence-electron chi connectivity index (χ3n) is 3.96. The van der Waals surface area contributed by atoms with Crippen LogP contribution in [0, 0.1) is 5.41 Å². The Hall–Kier alpha value is -1.06. The Bertz CT molecular complexity index is 386. The van der Waals surface area contributed by atoms with Gasteiger partial charge in [-0.2, -0.15) is 0 Å². The van der Waals surface area contributed by atoms with Crippen LogP contribution in [-0.4, -0.2) is 31.1 Å². The number of likely N-dealkylation sites (tertiary alicyclic amines) is 1. The molecule has 0 amide bonds. The second-order valence-electron chi connectivity index (χ2n) is 5.94. The molecule has 1 atom stereocenters. The van der Waals surface area contributed by atoms with Crippen LogP contribution in [0.2, 0.25) is 0 Å². The molecule has 3 heteroatoms. The number of benzene rings is 1. The first-order chi connectivity index (χ1) is 8.51. The monoisotopic (exact) mass is 248 g/mol. The van der Waals surface area contributed by atoms with E-state index in [-0.39, 0.29) is 5.41 Å². The van der Waals surface area contributed by atoms with E-state index in [1.54, 1.807) is 7.11 Å². The molecule has 2 rings (SSSR count). The summed E-state index contributed by atoms with van der Waals surface area (Å²) in [5.41, 5.74) is 7.71.